The largest absolute Gasteiger partial charge is 0.494 e. The third-order valence-electron chi connectivity index (χ3n) is 6.72. The van der Waals surface area contributed by atoms with Crippen molar-refractivity contribution >= 4 is 9.84 Å². The second kappa shape index (κ2) is 10.9. The molecular formula is C25H33N5O5S. The number of hydrogen-bond donors (Lipinski definition) is 0. The second-order valence-electron chi connectivity index (χ2n) is 9.15. The predicted molar refractivity (Wildman–Crippen MR) is 135 cm³/mol. The predicted octanol–water partition coefficient (Wildman–Crippen LogP) is 3.38. The molecule has 1 saturated heterocycles. The molecule has 0 aliphatic carbocycles. The monoisotopic (exact) mass is 515 g/mol. The number of ether oxygens (including phenoxy) is 3. The van der Waals surface area contributed by atoms with Crippen LogP contribution in [0.2, 0.25) is 0 Å². The molecule has 1 aromatic carbocycles. The molecule has 3 atom stereocenters. The summed E-state index contributed by atoms with van der Waals surface area (Å²) >= 11 is 0. The van der Waals surface area contributed by atoms with Gasteiger partial charge in [-0.05, 0) is 44.4 Å². The highest BCUT2D eigenvalue weighted by Gasteiger charge is 2.34. The zero-order chi connectivity index (χ0) is 25.9. The number of para-hydroxylation sites is 1. The Morgan fingerprint density at radius 2 is 1.78 bits per heavy atom. The minimum absolute atomic E-state index is 0.0328. The molecule has 1 fully saturated rings. The molecule has 0 amide bonds. The molecular weight excluding hydrogens is 482 g/mol. The standard InChI is InChI=1S/C25H33N5O5S/c1-16-12-26-24(27-13-16)17(2)18(3)36(31,32)15-22-28-29-25(19-8-7-11-35-14-19)30(22)23-20(33-4)9-6-10-21(23)34-5/h6,9-10,12-13,17-19H,7-8,11,14-15H2,1-5H3/t17-,18-,19-/m0/s1. The lowest BCUT2D eigenvalue weighted by atomic mass is 10.0. The van der Waals surface area contributed by atoms with Gasteiger partial charge in [-0.1, -0.05) is 13.0 Å². The maximum Gasteiger partial charge on any atom is 0.160 e. The van der Waals surface area contributed by atoms with Gasteiger partial charge < -0.3 is 14.2 Å². The fourth-order valence-electron chi connectivity index (χ4n) is 4.40. The normalized spacial score (nSPS) is 18.0. The SMILES string of the molecule is COc1cccc(OC)c1-n1c(CS(=O)(=O)[C@@H](C)[C@H](C)c2ncc(C)cn2)nnc1[C@H]1CCCOC1. The highest BCUT2D eigenvalue weighted by atomic mass is 32.2. The van der Waals surface area contributed by atoms with Gasteiger partial charge in [-0.2, -0.15) is 0 Å². The Hall–Kier alpha value is -3.05. The lowest BCUT2D eigenvalue weighted by molar-refractivity contribution is 0.0775. The van der Waals surface area contributed by atoms with Gasteiger partial charge in [0.05, 0.1) is 26.1 Å². The topological polar surface area (TPSA) is 118 Å². The molecule has 3 aromatic rings. The highest BCUT2D eigenvalue weighted by molar-refractivity contribution is 7.91. The third-order valence-corrected chi connectivity index (χ3v) is 8.92. The summed E-state index contributed by atoms with van der Waals surface area (Å²) in [5.41, 5.74) is 1.49. The van der Waals surface area contributed by atoms with Crippen LogP contribution in [0.5, 0.6) is 11.5 Å². The molecule has 36 heavy (non-hydrogen) atoms. The zero-order valence-corrected chi connectivity index (χ0v) is 22.2. The summed E-state index contributed by atoms with van der Waals surface area (Å²) in [6, 6.07) is 5.42. The Labute approximate surface area is 212 Å². The molecule has 3 heterocycles. The van der Waals surface area contributed by atoms with Gasteiger partial charge in [0.25, 0.3) is 0 Å². The zero-order valence-electron chi connectivity index (χ0n) is 21.3. The first-order valence-corrected chi connectivity index (χ1v) is 13.7. The van der Waals surface area contributed by atoms with E-state index in [1.807, 2.05) is 19.9 Å². The van der Waals surface area contributed by atoms with E-state index in [1.165, 1.54) is 0 Å². The van der Waals surface area contributed by atoms with Crippen molar-refractivity contribution in [2.75, 3.05) is 27.4 Å². The molecule has 0 radical (unpaired) electrons. The van der Waals surface area contributed by atoms with Crippen LogP contribution in [-0.2, 0) is 20.3 Å². The van der Waals surface area contributed by atoms with Crippen LogP contribution in [0, 0.1) is 6.92 Å². The van der Waals surface area contributed by atoms with Crippen LogP contribution >= 0.6 is 0 Å². The van der Waals surface area contributed by atoms with E-state index in [1.54, 1.807) is 50.2 Å². The van der Waals surface area contributed by atoms with E-state index in [0.29, 0.717) is 47.9 Å². The molecule has 0 spiro atoms. The van der Waals surface area contributed by atoms with E-state index in [0.717, 1.165) is 18.4 Å². The number of rotatable bonds is 9. The summed E-state index contributed by atoms with van der Waals surface area (Å²) in [5, 5.41) is 8.08. The summed E-state index contributed by atoms with van der Waals surface area (Å²) in [5.74, 6) is 1.72. The number of benzene rings is 1. The maximum absolute atomic E-state index is 13.6. The van der Waals surface area contributed by atoms with Crippen LogP contribution < -0.4 is 9.47 Å². The molecule has 1 aliphatic heterocycles. The van der Waals surface area contributed by atoms with E-state index in [9.17, 15) is 8.42 Å². The molecule has 0 unspecified atom stereocenters. The van der Waals surface area contributed by atoms with Crippen LogP contribution in [0.3, 0.4) is 0 Å². The first kappa shape index (κ1) is 26.0. The van der Waals surface area contributed by atoms with Crippen molar-refractivity contribution in [2.24, 2.45) is 0 Å². The maximum atomic E-state index is 13.6. The fourth-order valence-corrected chi connectivity index (χ4v) is 5.95. The van der Waals surface area contributed by atoms with Gasteiger partial charge in [-0.3, -0.25) is 4.57 Å². The Balaban J connectivity index is 1.77. The summed E-state index contributed by atoms with van der Waals surface area (Å²) in [7, 11) is -0.548. The molecule has 2 aromatic heterocycles. The van der Waals surface area contributed by atoms with Gasteiger partial charge in [-0.25, -0.2) is 18.4 Å². The van der Waals surface area contributed by atoms with Crippen molar-refractivity contribution in [1.29, 1.82) is 0 Å². The lowest BCUT2D eigenvalue weighted by Crippen LogP contribution is -2.28. The van der Waals surface area contributed by atoms with Crippen LogP contribution in [0.4, 0.5) is 0 Å². The Morgan fingerprint density at radius 1 is 1.11 bits per heavy atom. The molecule has 0 bridgehead atoms. The van der Waals surface area contributed by atoms with Crippen LogP contribution in [-0.4, -0.2) is 65.8 Å². The summed E-state index contributed by atoms with van der Waals surface area (Å²) in [6.07, 6.45) is 5.14. The number of hydrogen-bond acceptors (Lipinski definition) is 9. The highest BCUT2D eigenvalue weighted by Crippen LogP contribution is 2.37. The average molecular weight is 516 g/mol. The molecule has 194 valence electrons. The molecule has 1 aliphatic rings. The number of aryl methyl sites for hydroxylation is 1. The second-order valence-corrected chi connectivity index (χ2v) is 11.5. The van der Waals surface area contributed by atoms with Crippen molar-refractivity contribution in [3.8, 4) is 17.2 Å². The van der Waals surface area contributed by atoms with Gasteiger partial charge >= 0.3 is 0 Å². The van der Waals surface area contributed by atoms with Crippen molar-refractivity contribution in [3.63, 3.8) is 0 Å². The summed E-state index contributed by atoms with van der Waals surface area (Å²) in [6.45, 7) is 6.58. The Morgan fingerprint density at radius 3 is 2.36 bits per heavy atom. The summed E-state index contributed by atoms with van der Waals surface area (Å²) in [4.78, 5) is 8.68. The Kier molecular flexibility index (Phi) is 7.89. The van der Waals surface area contributed by atoms with Crippen LogP contribution in [0.25, 0.3) is 5.69 Å². The van der Waals surface area contributed by atoms with Crippen molar-refractivity contribution < 1.29 is 22.6 Å². The molecule has 11 heteroatoms. The van der Waals surface area contributed by atoms with Crippen molar-refractivity contribution in [2.45, 2.75) is 56.5 Å². The number of aromatic nitrogens is 5. The fraction of sp³-hybridized carbons (Fsp3) is 0.520. The van der Waals surface area contributed by atoms with E-state index >= 15 is 0 Å². The van der Waals surface area contributed by atoms with Gasteiger partial charge in [0.2, 0.25) is 0 Å². The van der Waals surface area contributed by atoms with Gasteiger partial charge in [0, 0.05) is 30.8 Å². The number of methoxy groups -OCH3 is 2. The van der Waals surface area contributed by atoms with Crippen molar-refractivity contribution in [1.82, 2.24) is 24.7 Å². The van der Waals surface area contributed by atoms with Gasteiger partial charge in [0.1, 0.15) is 34.6 Å². The average Bonchev–Trinajstić information content (AvgIpc) is 3.30. The van der Waals surface area contributed by atoms with Crippen LogP contribution in [0.15, 0.2) is 30.6 Å². The smallest absolute Gasteiger partial charge is 0.160 e. The Bertz CT molecular complexity index is 1260. The minimum atomic E-state index is -3.67. The molecule has 4 rings (SSSR count). The summed E-state index contributed by atoms with van der Waals surface area (Å²) < 4.78 is 46.0. The lowest BCUT2D eigenvalue weighted by Gasteiger charge is -2.24. The van der Waals surface area contributed by atoms with E-state index in [4.69, 9.17) is 14.2 Å². The van der Waals surface area contributed by atoms with Crippen LogP contribution in [0.1, 0.15) is 61.6 Å². The van der Waals surface area contributed by atoms with E-state index < -0.39 is 21.0 Å². The molecule has 0 N–H and O–H groups in total. The third kappa shape index (κ3) is 5.22. The van der Waals surface area contributed by atoms with E-state index in [-0.39, 0.29) is 11.7 Å². The molecule has 0 saturated carbocycles. The first-order valence-electron chi connectivity index (χ1n) is 12.0. The van der Waals surface area contributed by atoms with E-state index in [2.05, 4.69) is 20.2 Å². The quantitative estimate of drug-likeness (QED) is 0.422. The number of nitrogens with zero attached hydrogens (tertiary/aromatic N) is 5. The first-order chi connectivity index (χ1) is 17.3. The number of sulfone groups is 1. The minimum Gasteiger partial charge on any atom is -0.494 e. The van der Waals surface area contributed by atoms with Gasteiger partial charge in [-0.15, -0.1) is 10.2 Å². The van der Waals surface area contributed by atoms with Crippen molar-refractivity contribution in [3.05, 3.63) is 53.6 Å². The van der Waals surface area contributed by atoms with Gasteiger partial charge in [0.15, 0.2) is 15.7 Å². The molecule has 10 nitrogen and oxygen atoms in total.